The first-order chi connectivity index (χ1) is 15.8. The average molecular weight is 473 g/mol. The molecule has 3 fully saturated rings. The first-order valence-electron chi connectivity index (χ1n) is 14.3. The highest BCUT2D eigenvalue weighted by Gasteiger charge is 2.59. The van der Waals surface area contributed by atoms with Gasteiger partial charge in [-0.25, -0.2) is 0 Å². The van der Waals surface area contributed by atoms with E-state index >= 15 is 0 Å². The summed E-state index contributed by atoms with van der Waals surface area (Å²) in [5, 5.41) is 10.7. The third kappa shape index (κ3) is 4.89. The van der Waals surface area contributed by atoms with E-state index in [2.05, 4.69) is 40.7 Å². The molecule has 0 aromatic heterocycles. The fourth-order valence-corrected chi connectivity index (χ4v) is 9.25. The van der Waals surface area contributed by atoms with Crippen molar-refractivity contribution in [3.63, 3.8) is 0 Å². The van der Waals surface area contributed by atoms with Gasteiger partial charge in [-0.15, -0.1) is 0 Å². The maximum Gasteiger partial charge on any atom is 0.302 e. The molecule has 3 saturated carbocycles. The summed E-state index contributed by atoms with van der Waals surface area (Å²) in [6.07, 6.45) is 16.1. The predicted molar refractivity (Wildman–Crippen MR) is 139 cm³/mol. The molecule has 194 valence electrons. The number of fused-ring (bicyclic) bond motifs is 5. The van der Waals surface area contributed by atoms with Gasteiger partial charge in [0.15, 0.2) is 0 Å². The molecule has 0 unspecified atom stereocenters. The van der Waals surface area contributed by atoms with Crippen LogP contribution in [-0.4, -0.2) is 23.3 Å². The predicted octanol–water partition coefficient (Wildman–Crippen LogP) is 7.71. The molecule has 4 aliphatic carbocycles. The van der Waals surface area contributed by atoms with Gasteiger partial charge in [-0.1, -0.05) is 59.1 Å². The molecule has 0 aliphatic heterocycles. The molecule has 8 atom stereocenters. The number of allylic oxidation sites excluding steroid dienone is 1. The van der Waals surface area contributed by atoms with Crippen LogP contribution in [-0.2, 0) is 9.53 Å². The molecule has 1 N–H and O–H groups in total. The number of aliphatic hydroxyl groups is 1. The van der Waals surface area contributed by atoms with E-state index < -0.39 is 5.60 Å². The zero-order chi connectivity index (χ0) is 24.9. The Morgan fingerprint density at radius 1 is 1.15 bits per heavy atom. The van der Waals surface area contributed by atoms with Gasteiger partial charge >= 0.3 is 5.97 Å². The highest BCUT2D eigenvalue weighted by Crippen LogP contribution is 2.67. The largest absolute Gasteiger partial charge is 0.465 e. The lowest BCUT2D eigenvalue weighted by Crippen LogP contribution is -2.52. The second-order valence-corrected chi connectivity index (χ2v) is 14.5. The minimum atomic E-state index is -0.498. The lowest BCUT2D eigenvalue weighted by molar-refractivity contribution is -0.144. The van der Waals surface area contributed by atoms with Crippen LogP contribution in [0.5, 0.6) is 0 Å². The maximum absolute atomic E-state index is 11.2. The number of carbonyl (C=O) groups is 1. The van der Waals surface area contributed by atoms with Gasteiger partial charge in [0.1, 0.15) is 0 Å². The molecule has 0 radical (unpaired) electrons. The topological polar surface area (TPSA) is 46.5 Å². The van der Waals surface area contributed by atoms with Crippen LogP contribution in [0.15, 0.2) is 11.6 Å². The number of hydrogen-bond donors (Lipinski definition) is 1. The van der Waals surface area contributed by atoms with Crippen LogP contribution in [0, 0.1) is 45.8 Å². The summed E-state index contributed by atoms with van der Waals surface area (Å²) in [4.78, 5) is 11.2. The number of hydrogen-bond acceptors (Lipinski definition) is 3. The minimum absolute atomic E-state index is 0.0673. The van der Waals surface area contributed by atoms with Crippen molar-refractivity contribution in [3.05, 3.63) is 11.6 Å². The smallest absolute Gasteiger partial charge is 0.302 e. The first kappa shape index (κ1) is 26.2. The number of carbonyl (C=O) groups excluding carboxylic acids is 1. The molecule has 0 heterocycles. The number of esters is 1. The third-order valence-corrected chi connectivity index (χ3v) is 11.3. The summed E-state index contributed by atoms with van der Waals surface area (Å²) in [6.45, 7) is 16.2. The van der Waals surface area contributed by atoms with Gasteiger partial charge in [-0.05, 0) is 111 Å². The molecule has 0 aromatic carbocycles. The maximum atomic E-state index is 11.2. The monoisotopic (exact) mass is 472 g/mol. The van der Waals surface area contributed by atoms with E-state index in [1.54, 1.807) is 5.57 Å². The molecule has 0 amide bonds. The van der Waals surface area contributed by atoms with E-state index in [-0.39, 0.29) is 11.4 Å². The van der Waals surface area contributed by atoms with Crippen molar-refractivity contribution < 1.29 is 14.6 Å². The van der Waals surface area contributed by atoms with Gasteiger partial charge < -0.3 is 9.84 Å². The Labute approximate surface area is 209 Å². The van der Waals surface area contributed by atoms with Crippen molar-refractivity contribution in [1.29, 1.82) is 0 Å². The van der Waals surface area contributed by atoms with E-state index in [4.69, 9.17) is 4.74 Å². The van der Waals surface area contributed by atoms with Gasteiger partial charge in [0, 0.05) is 6.92 Å². The molecule has 0 saturated heterocycles. The van der Waals surface area contributed by atoms with E-state index in [1.165, 1.54) is 58.3 Å². The second kappa shape index (κ2) is 9.24. The highest BCUT2D eigenvalue weighted by atomic mass is 16.5. The molecule has 4 aliphatic rings. The Morgan fingerprint density at radius 3 is 2.59 bits per heavy atom. The van der Waals surface area contributed by atoms with Crippen LogP contribution >= 0.6 is 0 Å². The van der Waals surface area contributed by atoms with Crippen molar-refractivity contribution in [2.75, 3.05) is 6.61 Å². The van der Waals surface area contributed by atoms with Crippen LogP contribution in [0.25, 0.3) is 0 Å². The SMILES string of the molecule is CC(=O)OCC(C)(C)CCC[C@@H](C)[C@H]1CC[C@H]2[C@@H]3CC=C4C[C@@](C)(O)CC[C@]4(C)[C@H]3CC[C@]12C. The van der Waals surface area contributed by atoms with Crippen LogP contribution in [0.1, 0.15) is 119 Å². The molecule has 34 heavy (non-hydrogen) atoms. The Morgan fingerprint density at radius 2 is 1.88 bits per heavy atom. The molecule has 4 rings (SSSR count). The summed E-state index contributed by atoms with van der Waals surface area (Å²) in [7, 11) is 0. The normalized spacial score (nSPS) is 42.8. The summed E-state index contributed by atoms with van der Waals surface area (Å²) in [5.41, 5.74) is 1.96. The third-order valence-electron chi connectivity index (χ3n) is 11.3. The standard InChI is InChI=1S/C31H52O3/c1-21(9-8-15-28(3,4)20-34-22(2)32)25-12-13-26-24-11-10-23-19-29(5,33)17-18-30(23,6)27(24)14-16-31(25,26)7/h10,21,24-27,33H,8-9,11-20H2,1-7H3/t21-,24+,25-,26+,27+,29+,30+,31-/m1/s1. The van der Waals surface area contributed by atoms with Gasteiger partial charge in [0.05, 0.1) is 12.2 Å². The molecule has 3 nitrogen and oxygen atoms in total. The molecular weight excluding hydrogens is 420 g/mol. The Hall–Kier alpha value is -0.830. The van der Waals surface area contributed by atoms with E-state index in [1.807, 2.05) is 6.92 Å². The molecule has 0 aromatic rings. The van der Waals surface area contributed by atoms with Gasteiger partial charge in [-0.3, -0.25) is 4.79 Å². The lowest BCUT2D eigenvalue weighted by Gasteiger charge is -2.59. The molecular formula is C31H52O3. The van der Waals surface area contributed by atoms with Crippen molar-refractivity contribution in [1.82, 2.24) is 0 Å². The molecule has 0 spiro atoms. The van der Waals surface area contributed by atoms with Crippen molar-refractivity contribution in [2.45, 2.75) is 125 Å². The summed E-state index contributed by atoms with van der Waals surface area (Å²) in [6, 6.07) is 0. The van der Waals surface area contributed by atoms with Crippen molar-refractivity contribution in [2.24, 2.45) is 45.8 Å². The Bertz CT molecular complexity index is 794. The summed E-state index contributed by atoms with van der Waals surface area (Å²) >= 11 is 0. The fourth-order valence-electron chi connectivity index (χ4n) is 9.25. The summed E-state index contributed by atoms with van der Waals surface area (Å²) < 4.78 is 5.30. The van der Waals surface area contributed by atoms with Crippen molar-refractivity contribution in [3.8, 4) is 0 Å². The summed E-state index contributed by atoms with van der Waals surface area (Å²) in [5.74, 6) is 3.98. The lowest BCUT2D eigenvalue weighted by atomic mass is 9.46. The van der Waals surface area contributed by atoms with Gasteiger partial charge in [-0.2, -0.15) is 0 Å². The number of rotatable bonds is 7. The van der Waals surface area contributed by atoms with Crippen molar-refractivity contribution >= 4 is 5.97 Å². The number of ether oxygens (including phenoxy) is 1. The van der Waals surface area contributed by atoms with Crippen LogP contribution in [0.4, 0.5) is 0 Å². The Balaban J connectivity index is 1.39. The van der Waals surface area contributed by atoms with Gasteiger partial charge in [0.2, 0.25) is 0 Å². The van der Waals surface area contributed by atoms with Crippen LogP contribution in [0.2, 0.25) is 0 Å². The zero-order valence-electron chi connectivity index (χ0n) is 23.2. The van der Waals surface area contributed by atoms with Crippen LogP contribution in [0.3, 0.4) is 0 Å². The van der Waals surface area contributed by atoms with Crippen LogP contribution < -0.4 is 0 Å². The molecule has 3 heteroatoms. The zero-order valence-corrected chi connectivity index (χ0v) is 23.2. The first-order valence-corrected chi connectivity index (χ1v) is 14.3. The highest BCUT2D eigenvalue weighted by molar-refractivity contribution is 5.65. The minimum Gasteiger partial charge on any atom is -0.465 e. The van der Waals surface area contributed by atoms with E-state index in [9.17, 15) is 9.90 Å². The average Bonchev–Trinajstić information content (AvgIpc) is 3.10. The van der Waals surface area contributed by atoms with E-state index in [0.717, 1.165) is 48.9 Å². The van der Waals surface area contributed by atoms with Gasteiger partial charge in [0.25, 0.3) is 0 Å². The molecule has 0 bridgehead atoms. The fraction of sp³-hybridized carbons (Fsp3) is 0.903. The Kier molecular flexibility index (Phi) is 7.13. The second-order valence-electron chi connectivity index (χ2n) is 14.5. The quantitative estimate of drug-likeness (QED) is 0.305. The van der Waals surface area contributed by atoms with E-state index in [0.29, 0.717) is 17.4 Å².